The van der Waals surface area contributed by atoms with Gasteiger partial charge in [0.1, 0.15) is 5.75 Å². The average molecular weight is 325 g/mol. The van der Waals surface area contributed by atoms with Crippen molar-refractivity contribution >= 4 is 5.91 Å². The molecule has 126 valence electrons. The minimum absolute atomic E-state index is 0.189. The number of aryl methyl sites for hydroxylation is 1. The van der Waals surface area contributed by atoms with Crippen LogP contribution in [0, 0.1) is 6.92 Å². The zero-order chi connectivity index (χ0) is 16.9. The molecule has 1 fully saturated rings. The molecule has 1 aliphatic rings. The summed E-state index contributed by atoms with van der Waals surface area (Å²) in [7, 11) is 1.64. The van der Waals surface area contributed by atoms with Crippen LogP contribution in [0.3, 0.4) is 0 Å². The Labute approximate surface area is 142 Å². The average Bonchev–Trinajstić information content (AvgIpc) is 2.62. The van der Waals surface area contributed by atoms with Crippen LogP contribution < -0.4 is 4.74 Å². The van der Waals surface area contributed by atoms with Crippen molar-refractivity contribution in [3.63, 3.8) is 0 Å². The number of rotatable bonds is 4. The first-order valence-electron chi connectivity index (χ1n) is 8.35. The summed E-state index contributed by atoms with van der Waals surface area (Å²) in [6.07, 6.45) is 5.97. The lowest BCUT2D eigenvalue weighted by Crippen LogP contribution is -2.39. The van der Waals surface area contributed by atoms with Gasteiger partial charge >= 0.3 is 0 Å². The van der Waals surface area contributed by atoms with E-state index < -0.39 is 0 Å². The van der Waals surface area contributed by atoms with E-state index in [0.29, 0.717) is 12.3 Å². The van der Waals surface area contributed by atoms with Gasteiger partial charge in [-0.25, -0.2) is 0 Å². The summed E-state index contributed by atoms with van der Waals surface area (Å²) >= 11 is 0. The fourth-order valence-corrected chi connectivity index (χ4v) is 3.13. The highest BCUT2D eigenvalue weighted by Gasteiger charge is 2.24. The monoisotopic (exact) mass is 325 g/mol. The third-order valence-electron chi connectivity index (χ3n) is 4.55. The third-order valence-corrected chi connectivity index (χ3v) is 4.55. The topological polar surface area (TPSA) is 55.3 Å². The molecular formula is C19H23N3O2. The van der Waals surface area contributed by atoms with Gasteiger partial charge in [0.15, 0.2) is 0 Å². The van der Waals surface area contributed by atoms with Gasteiger partial charge < -0.3 is 9.64 Å². The van der Waals surface area contributed by atoms with Crippen LogP contribution in [-0.4, -0.2) is 41.0 Å². The molecule has 0 unspecified atom stereocenters. The Hall–Kier alpha value is -2.43. The number of hydrogen-bond acceptors (Lipinski definition) is 4. The number of aromatic nitrogens is 2. The van der Waals surface area contributed by atoms with E-state index in [4.69, 9.17) is 4.74 Å². The van der Waals surface area contributed by atoms with E-state index in [9.17, 15) is 4.79 Å². The van der Waals surface area contributed by atoms with E-state index in [1.165, 1.54) is 0 Å². The minimum atomic E-state index is 0.189. The SMILES string of the molecule is COc1ccc(CC(=O)N2CCC(c3cncc(C)n3)CC2)cc1. The van der Waals surface area contributed by atoms with Crippen molar-refractivity contribution in [2.24, 2.45) is 0 Å². The van der Waals surface area contributed by atoms with Crippen LogP contribution in [0.1, 0.15) is 35.7 Å². The summed E-state index contributed by atoms with van der Waals surface area (Å²) in [5, 5.41) is 0. The van der Waals surface area contributed by atoms with Crippen molar-refractivity contribution in [3.05, 3.63) is 53.6 Å². The maximum Gasteiger partial charge on any atom is 0.226 e. The molecule has 1 saturated heterocycles. The maximum absolute atomic E-state index is 12.5. The fourth-order valence-electron chi connectivity index (χ4n) is 3.13. The summed E-state index contributed by atoms with van der Waals surface area (Å²) in [6.45, 7) is 3.54. The molecule has 0 atom stereocenters. The second kappa shape index (κ2) is 7.43. The number of methoxy groups -OCH3 is 1. The van der Waals surface area contributed by atoms with Gasteiger partial charge in [-0.3, -0.25) is 14.8 Å². The number of hydrogen-bond donors (Lipinski definition) is 0. The van der Waals surface area contributed by atoms with Gasteiger partial charge in [-0.1, -0.05) is 12.1 Å². The van der Waals surface area contributed by atoms with Crippen molar-refractivity contribution in [1.29, 1.82) is 0 Å². The maximum atomic E-state index is 12.5. The largest absolute Gasteiger partial charge is 0.497 e. The van der Waals surface area contributed by atoms with Crippen molar-refractivity contribution < 1.29 is 9.53 Å². The lowest BCUT2D eigenvalue weighted by molar-refractivity contribution is -0.131. The van der Waals surface area contributed by atoms with Gasteiger partial charge in [-0.2, -0.15) is 0 Å². The molecule has 1 aromatic heterocycles. The smallest absolute Gasteiger partial charge is 0.226 e. The zero-order valence-corrected chi connectivity index (χ0v) is 14.2. The van der Waals surface area contributed by atoms with E-state index in [1.807, 2.05) is 42.3 Å². The number of likely N-dealkylation sites (tertiary alicyclic amines) is 1. The van der Waals surface area contributed by atoms with Gasteiger partial charge in [-0.05, 0) is 37.5 Å². The van der Waals surface area contributed by atoms with Crippen LogP contribution in [0.2, 0.25) is 0 Å². The first-order chi connectivity index (χ1) is 11.7. The number of benzene rings is 1. The normalized spacial score (nSPS) is 15.3. The van der Waals surface area contributed by atoms with Crippen LogP contribution in [0.5, 0.6) is 5.75 Å². The number of piperidine rings is 1. The lowest BCUT2D eigenvalue weighted by Gasteiger charge is -2.31. The van der Waals surface area contributed by atoms with Gasteiger partial charge in [-0.15, -0.1) is 0 Å². The molecule has 1 aromatic carbocycles. The molecule has 0 N–H and O–H groups in total. The summed E-state index contributed by atoms with van der Waals surface area (Å²) in [5.41, 5.74) is 3.02. The molecule has 3 rings (SSSR count). The first-order valence-corrected chi connectivity index (χ1v) is 8.35. The predicted octanol–water partition coefficient (Wildman–Crippen LogP) is 2.74. The van der Waals surface area contributed by atoms with Crippen LogP contribution in [0.15, 0.2) is 36.7 Å². The third kappa shape index (κ3) is 3.91. The van der Waals surface area contributed by atoms with E-state index in [2.05, 4.69) is 9.97 Å². The van der Waals surface area contributed by atoms with Crippen molar-refractivity contribution in [3.8, 4) is 5.75 Å². The standard InChI is InChI=1S/C19H23N3O2/c1-14-12-20-13-18(21-14)16-7-9-22(10-8-16)19(23)11-15-3-5-17(24-2)6-4-15/h3-6,12-13,16H,7-11H2,1-2H3. The molecule has 5 heteroatoms. The molecule has 5 nitrogen and oxygen atoms in total. The van der Waals surface area contributed by atoms with Crippen molar-refractivity contribution in [2.75, 3.05) is 20.2 Å². The van der Waals surface area contributed by atoms with Gasteiger partial charge in [0.25, 0.3) is 0 Å². The Morgan fingerprint density at radius 3 is 2.54 bits per heavy atom. The first kappa shape index (κ1) is 16.4. The van der Waals surface area contributed by atoms with E-state index >= 15 is 0 Å². The summed E-state index contributed by atoms with van der Waals surface area (Å²) < 4.78 is 5.15. The number of nitrogens with zero attached hydrogens (tertiary/aromatic N) is 3. The van der Waals surface area contributed by atoms with E-state index in [0.717, 1.165) is 48.6 Å². The lowest BCUT2D eigenvalue weighted by atomic mass is 9.93. The zero-order valence-electron chi connectivity index (χ0n) is 14.2. The molecule has 0 bridgehead atoms. The predicted molar refractivity (Wildman–Crippen MR) is 92.0 cm³/mol. The minimum Gasteiger partial charge on any atom is -0.497 e. The van der Waals surface area contributed by atoms with Gasteiger partial charge in [0.05, 0.1) is 24.9 Å². The Kier molecular flexibility index (Phi) is 5.08. The van der Waals surface area contributed by atoms with Crippen molar-refractivity contribution in [1.82, 2.24) is 14.9 Å². The molecular weight excluding hydrogens is 302 g/mol. The molecule has 0 aliphatic carbocycles. The number of ether oxygens (including phenoxy) is 1. The second-order valence-corrected chi connectivity index (χ2v) is 6.27. The Bertz CT molecular complexity index is 692. The summed E-state index contributed by atoms with van der Waals surface area (Å²) in [5.74, 6) is 1.41. The molecule has 0 saturated carbocycles. The van der Waals surface area contributed by atoms with Crippen LogP contribution in [0.4, 0.5) is 0 Å². The van der Waals surface area contributed by atoms with E-state index in [1.54, 1.807) is 13.3 Å². The molecule has 2 heterocycles. The summed E-state index contributed by atoms with van der Waals surface area (Å²) in [6, 6.07) is 7.69. The Morgan fingerprint density at radius 2 is 1.92 bits per heavy atom. The molecule has 2 aromatic rings. The highest BCUT2D eigenvalue weighted by molar-refractivity contribution is 5.78. The second-order valence-electron chi connectivity index (χ2n) is 6.27. The highest BCUT2D eigenvalue weighted by atomic mass is 16.5. The molecule has 1 aliphatic heterocycles. The van der Waals surface area contributed by atoms with Crippen LogP contribution in [-0.2, 0) is 11.2 Å². The molecule has 1 amide bonds. The van der Waals surface area contributed by atoms with Crippen LogP contribution >= 0.6 is 0 Å². The number of carbonyl (C=O) groups excluding carboxylic acids is 1. The van der Waals surface area contributed by atoms with Crippen molar-refractivity contribution in [2.45, 2.75) is 32.1 Å². The Morgan fingerprint density at radius 1 is 1.21 bits per heavy atom. The highest BCUT2D eigenvalue weighted by Crippen LogP contribution is 2.26. The van der Waals surface area contributed by atoms with Gasteiger partial charge in [0.2, 0.25) is 5.91 Å². The van der Waals surface area contributed by atoms with Gasteiger partial charge in [0, 0.05) is 31.4 Å². The fraction of sp³-hybridized carbons (Fsp3) is 0.421. The van der Waals surface area contributed by atoms with Crippen LogP contribution in [0.25, 0.3) is 0 Å². The van der Waals surface area contributed by atoms with E-state index in [-0.39, 0.29) is 5.91 Å². The quantitative estimate of drug-likeness (QED) is 0.867. The Balaban J connectivity index is 1.54. The number of amides is 1. The number of carbonyl (C=O) groups is 1. The molecule has 24 heavy (non-hydrogen) atoms. The summed E-state index contributed by atoms with van der Waals surface area (Å²) in [4.78, 5) is 23.3. The molecule has 0 radical (unpaired) electrons. The molecule has 0 spiro atoms.